The maximum Gasteiger partial charge on any atom is 0.407 e. The van der Waals surface area contributed by atoms with Crippen LogP contribution in [0.5, 0.6) is 0 Å². The molecule has 194 valence electrons. The van der Waals surface area contributed by atoms with Gasteiger partial charge in [0.15, 0.2) is 0 Å². The van der Waals surface area contributed by atoms with E-state index in [4.69, 9.17) is 24.4 Å². The van der Waals surface area contributed by atoms with Gasteiger partial charge in [-0.2, -0.15) is 4.98 Å². The Bertz CT molecular complexity index is 1230. The van der Waals surface area contributed by atoms with E-state index in [1.165, 1.54) is 7.11 Å². The minimum absolute atomic E-state index is 0.200. The number of hydrogen-bond acceptors (Lipinski definition) is 10. The van der Waals surface area contributed by atoms with Gasteiger partial charge in [-0.1, -0.05) is 0 Å². The minimum atomic E-state index is -0.405. The van der Waals surface area contributed by atoms with E-state index < -0.39 is 6.09 Å². The molecule has 0 aliphatic heterocycles. The van der Waals surface area contributed by atoms with Crippen molar-refractivity contribution >= 4 is 39.4 Å². The van der Waals surface area contributed by atoms with Gasteiger partial charge in [0.05, 0.1) is 35.4 Å². The molecule has 0 spiro atoms. The third-order valence-electron chi connectivity index (χ3n) is 6.79. The number of alkyl carbamates (subject to hydrolysis) is 1. The van der Waals surface area contributed by atoms with Gasteiger partial charge in [0, 0.05) is 31.4 Å². The molecule has 4 rings (SSSR count). The van der Waals surface area contributed by atoms with Crippen LogP contribution in [-0.4, -0.2) is 65.0 Å². The molecule has 3 N–H and O–H groups in total. The van der Waals surface area contributed by atoms with E-state index in [1.807, 2.05) is 40.0 Å². The van der Waals surface area contributed by atoms with Gasteiger partial charge in [0.1, 0.15) is 16.3 Å². The third kappa shape index (κ3) is 5.67. The Morgan fingerprint density at radius 3 is 2.69 bits per heavy atom. The average molecular weight is 514 g/mol. The lowest BCUT2D eigenvalue weighted by Crippen LogP contribution is -2.48. The van der Waals surface area contributed by atoms with E-state index in [1.54, 1.807) is 18.4 Å². The number of fused-ring (bicyclic) bond motifs is 1. The molecule has 0 radical (unpaired) electrons. The molecule has 0 saturated heterocycles. The Kier molecular flexibility index (Phi) is 7.89. The smallest absolute Gasteiger partial charge is 0.407 e. The Balaban J connectivity index is 1.64. The van der Waals surface area contributed by atoms with E-state index >= 15 is 0 Å². The second-order valence-corrected chi connectivity index (χ2v) is 10.8. The van der Waals surface area contributed by atoms with Crippen LogP contribution in [0, 0.1) is 19.8 Å². The summed E-state index contributed by atoms with van der Waals surface area (Å²) in [5.41, 5.74) is 3.18. The fourth-order valence-electron chi connectivity index (χ4n) is 4.74. The summed E-state index contributed by atoms with van der Waals surface area (Å²) in [6.45, 7) is 9.23. The summed E-state index contributed by atoms with van der Waals surface area (Å²) < 4.78 is 11.1. The number of anilines is 2. The number of ether oxygens (including phenoxy) is 2. The van der Waals surface area contributed by atoms with Gasteiger partial charge >= 0.3 is 6.09 Å². The van der Waals surface area contributed by atoms with Crippen molar-refractivity contribution in [3.05, 3.63) is 23.7 Å². The second kappa shape index (κ2) is 10.9. The van der Waals surface area contributed by atoms with Crippen LogP contribution in [0.4, 0.5) is 16.6 Å². The van der Waals surface area contributed by atoms with E-state index in [0.717, 1.165) is 57.3 Å². The van der Waals surface area contributed by atoms with E-state index in [0.29, 0.717) is 25.0 Å². The highest BCUT2D eigenvalue weighted by atomic mass is 32.1. The maximum atomic E-state index is 11.8. The molecule has 3 aromatic rings. The van der Waals surface area contributed by atoms with E-state index in [2.05, 4.69) is 20.9 Å². The molecule has 1 saturated carbocycles. The van der Waals surface area contributed by atoms with Crippen LogP contribution in [0.3, 0.4) is 0 Å². The zero-order valence-corrected chi connectivity index (χ0v) is 22.6. The molecule has 2 unspecified atom stereocenters. The first-order chi connectivity index (χ1) is 17.2. The molecule has 0 bridgehead atoms. The van der Waals surface area contributed by atoms with Gasteiger partial charge < -0.3 is 25.4 Å². The van der Waals surface area contributed by atoms with Gasteiger partial charge in [-0.15, -0.1) is 11.3 Å². The van der Waals surface area contributed by atoms with Gasteiger partial charge in [0.25, 0.3) is 0 Å². The molecule has 1 aliphatic rings. The molecule has 3 heterocycles. The van der Waals surface area contributed by atoms with Crippen LogP contribution in [0.15, 0.2) is 12.3 Å². The Morgan fingerprint density at radius 1 is 1.17 bits per heavy atom. The Hall–Kier alpha value is -3.05. The molecule has 1 amide bonds. The van der Waals surface area contributed by atoms with E-state index in [-0.39, 0.29) is 11.6 Å². The number of nitrogens with zero attached hydrogens (tertiary/aromatic N) is 4. The molecular formula is C25H35N7O3S. The number of carbonyl (C=O) groups is 1. The summed E-state index contributed by atoms with van der Waals surface area (Å²) in [5.74, 6) is 1.62. The number of nitrogens with one attached hydrogen (secondary N) is 3. The average Bonchev–Trinajstić information content (AvgIpc) is 3.47. The Labute approximate surface area is 215 Å². The van der Waals surface area contributed by atoms with Crippen LogP contribution in [0.2, 0.25) is 0 Å². The van der Waals surface area contributed by atoms with E-state index in [9.17, 15) is 4.79 Å². The third-order valence-corrected chi connectivity index (χ3v) is 7.83. The maximum absolute atomic E-state index is 11.8. The molecule has 36 heavy (non-hydrogen) atoms. The largest absolute Gasteiger partial charge is 0.453 e. The molecule has 2 atom stereocenters. The van der Waals surface area contributed by atoms with Crippen LogP contribution in [0.25, 0.3) is 20.8 Å². The van der Waals surface area contributed by atoms with Crippen molar-refractivity contribution in [1.82, 2.24) is 25.3 Å². The first kappa shape index (κ1) is 26.0. The van der Waals surface area contributed by atoms with Crippen molar-refractivity contribution in [3.8, 4) is 10.6 Å². The van der Waals surface area contributed by atoms with Gasteiger partial charge in [-0.3, -0.25) is 4.98 Å². The molecule has 11 heteroatoms. The number of amides is 1. The number of aromatic nitrogens is 4. The molecule has 0 aromatic carbocycles. The van der Waals surface area contributed by atoms with Crippen LogP contribution >= 0.6 is 11.3 Å². The van der Waals surface area contributed by atoms with Crippen molar-refractivity contribution in [3.63, 3.8) is 0 Å². The first-order valence-corrected chi connectivity index (χ1v) is 13.0. The highest BCUT2D eigenvalue weighted by molar-refractivity contribution is 7.21. The number of methoxy groups -OCH3 is 2. The highest BCUT2D eigenvalue weighted by Crippen LogP contribution is 2.40. The lowest BCUT2D eigenvalue weighted by atomic mass is 9.86. The fourth-order valence-corrected chi connectivity index (χ4v) is 5.85. The monoisotopic (exact) mass is 513 g/mol. The molecular weight excluding hydrogens is 478 g/mol. The predicted octanol–water partition coefficient (Wildman–Crippen LogP) is 4.54. The van der Waals surface area contributed by atoms with Crippen molar-refractivity contribution < 1.29 is 14.3 Å². The van der Waals surface area contributed by atoms with Crippen molar-refractivity contribution in [1.29, 1.82) is 0 Å². The van der Waals surface area contributed by atoms with Crippen LogP contribution in [-0.2, 0) is 9.47 Å². The quantitative estimate of drug-likeness (QED) is 0.354. The van der Waals surface area contributed by atoms with Gasteiger partial charge in [-0.05, 0) is 58.9 Å². The number of pyridine rings is 1. The number of thiazole rings is 1. The normalized spacial score (nSPS) is 17.8. The lowest BCUT2D eigenvalue weighted by Gasteiger charge is -2.32. The van der Waals surface area contributed by atoms with Gasteiger partial charge in [-0.25, -0.2) is 14.8 Å². The molecule has 10 nitrogen and oxygen atoms in total. The lowest BCUT2D eigenvalue weighted by molar-refractivity contribution is 0.147. The number of carbonyl (C=O) groups excluding carboxylic acids is 1. The number of hydrogen-bond donors (Lipinski definition) is 3. The number of rotatable bonds is 9. The topological polar surface area (TPSA) is 123 Å². The standard InChI is InChI=1S/C25H35N7O3S/c1-14-19(22-30-20-15(2)26-10-9-18(20)36-22)21(31-23(28-14)27-11-12-34-5)29-17-8-7-16(13-17)25(3,4)32-24(33)35-6/h9-10,16-17H,7-8,11-13H2,1-6H3,(H,32,33)(H2,27,28,29,31). The minimum Gasteiger partial charge on any atom is -0.453 e. The predicted molar refractivity (Wildman–Crippen MR) is 143 cm³/mol. The molecule has 1 fully saturated rings. The van der Waals surface area contributed by atoms with Gasteiger partial charge in [0.2, 0.25) is 5.95 Å². The summed E-state index contributed by atoms with van der Waals surface area (Å²) in [5, 5.41) is 10.8. The highest BCUT2D eigenvalue weighted by Gasteiger charge is 2.38. The number of aryl methyl sites for hydroxylation is 2. The fraction of sp³-hybridized carbons (Fsp3) is 0.560. The Morgan fingerprint density at radius 2 is 1.97 bits per heavy atom. The zero-order chi connectivity index (χ0) is 25.9. The summed E-state index contributed by atoms with van der Waals surface area (Å²) in [6, 6.07) is 2.19. The first-order valence-electron chi connectivity index (χ1n) is 12.2. The molecule has 3 aromatic heterocycles. The second-order valence-electron chi connectivity index (χ2n) is 9.73. The SMILES string of the molecule is COCCNc1nc(C)c(-c2nc3c(C)nccc3s2)c(NC2CCC(C(C)(C)NC(=O)OC)C2)n1. The molecule has 1 aliphatic carbocycles. The summed E-state index contributed by atoms with van der Waals surface area (Å²) in [7, 11) is 3.06. The van der Waals surface area contributed by atoms with Crippen LogP contribution < -0.4 is 16.0 Å². The van der Waals surface area contributed by atoms with Crippen LogP contribution in [0.1, 0.15) is 44.5 Å². The summed E-state index contributed by atoms with van der Waals surface area (Å²) in [6.07, 6.45) is 4.26. The van der Waals surface area contributed by atoms with Crippen molar-refractivity contribution in [2.75, 3.05) is 38.0 Å². The zero-order valence-electron chi connectivity index (χ0n) is 21.8. The summed E-state index contributed by atoms with van der Waals surface area (Å²) >= 11 is 1.62. The van der Waals surface area contributed by atoms with Crippen molar-refractivity contribution in [2.45, 2.75) is 58.5 Å². The summed E-state index contributed by atoms with van der Waals surface area (Å²) in [4.78, 5) is 30.7. The van der Waals surface area contributed by atoms with Crippen molar-refractivity contribution in [2.24, 2.45) is 5.92 Å².